The molecule has 0 fully saturated rings. The number of methoxy groups -OCH3 is 4. The van der Waals surface area contributed by atoms with Gasteiger partial charge in [-0.25, -0.2) is 0 Å². The van der Waals surface area contributed by atoms with Gasteiger partial charge < -0.3 is 24.3 Å². The number of nitrogens with one attached hydrogen (secondary N) is 1. The van der Waals surface area contributed by atoms with Gasteiger partial charge in [0.05, 0.1) is 28.4 Å². The molecule has 1 heterocycles. The van der Waals surface area contributed by atoms with Gasteiger partial charge in [-0.3, -0.25) is 9.59 Å². The fourth-order valence-corrected chi connectivity index (χ4v) is 4.75. The Morgan fingerprint density at radius 3 is 2.25 bits per heavy atom. The fraction of sp³-hybridized carbons (Fsp3) is 0.360. The first-order chi connectivity index (χ1) is 15.5. The first-order valence-electron chi connectivity index (χ1n) is 10.5. The van der Waals surface area contributed by atoms with Crippen molar-refractivity contribution in [1.29, 1.82) is 0 Å². The average Bonchev–Trinajstić information content (AvgIpc) is 2.81. The molecule has 2 aromatic carbocycles. The Kier molecular flexibility index (Phi) is 6.08. The van der Waals surface area contributed by atoms with Gasteiger partial charge in [0.1, 0.15) is 0 Å². The minimum absolute atomic E-state index is 0.0286. The van der Waals surface area contributed by atoms with E-state index in [1.54, 1.807) is 34.5 Å². The number of carbonyl (C=O) groups excluding carboxylic acids is 2. The number of hydrogen-bond donors (Lipinski definition) is 1. The summed E-state index contributed by atoms with van der Waals surface area (Å²) in [6, 6.07) is 11.2. The largest absolute Gasteiger partial charge is 0.493 e. The van der Waals surface area contributed by atoms with Gasteiger partial charge in [-0.15, -0.1) is 0 Å². The molecular formula is C25H27NO6. The van der Waals surface area contributed by atoms with Crippen LogP contribution in [0.4, 0.5) is 0 Å². The molecule has 4 rings (SSSR count). The Bertz CT molecular complexity index is 1090. The summed E-state index contributed by atoms with van der Waals surface area (Å²) in [5, 5.41) is 2.96. The minimum Gasteiger partial charge on any atom is -0.493 e. The van der Waals surface area contributed by atoms with Gasteiger partial charge >= 0.3 is 0 Å². The van der Waals surface area contributed by atoms with Gasteiger partial charge in [0.2, 0.25) is 5.91 Å². The molecule has 32 heavy (non-hydrogen) atoms. The van der Waals surface area contributed by atoms with Crippen molar-refractivity contribution < 1.29 is 28.5 Å². The lowest BCUT2D eigenvalue weighted by atomic mass is 9.73. The lowest BCUT2D eigenvalue weighted by molar-refractivity contribution is -0.122. The second kappa shape index (κ2) is 8.94. The SMILES string of the molecule is COc1ccc([C@@H]2CC(=O)C3=C(C2)NC(=O)C[C@H]3c2cccc(OC)c2OC)cc1OC. The number of Topliss-reactive ketones (excluding diaryl/α,β-unsaturated/α-hetero) is 1. The molecule has 0 bridgehead atoms. The van der Waals surface area contributed by atoms with E-state index < -0.39 is 0 Å². The van der Waals surface area contributed by atoms with E-state index in [0.29, 0.717) is 47.1 Å². The topological polar surface area (TPSA) is 83.1 Å². The number of ketones is 1. The van der Waals surface area contributed by atoms with E-state index in [1.807, 2.05) is 30.3 Å². The average molecular weight is 437 g/mol. The first-order valence-corrected chi connectivity index (χ1v) is 10.5. The molecule has 7 nitrogen and oxygen atoms in total. The Morgan fingerprint density at radius 1 is 0.812 bits per heavy atom. The van der Waals surface area contributed by atoms with E-state index in [1.165, 1.54) is 0 Å². The molecule has 7 heteroatoms. The molecule has 1 amide bonds. The molecule has 1 N–H and O–H groups in total. The van der Waals surface area contributed by atoms with E-state index in [0.717, 1.165) is 11.1 Å². The van der Waals surface area contributed by atoms with Crippen LogP contribution in [0, 0.1) is 0 Å². The number of para-hydroxylation sites is 1. The van der Waals surface area contributed by atoms with E-state index in [4.69, 9.17) is 18.9 Å². The molecule has 2 aliphatic rings. The summed E-state index contributed by atoms with van der Waals surface area (Å²) in [5.41, 5.74) is 3.10. The predicted molar refractivity (Wildman–Crippen MR) is 119 cm³/mol. The van der Waals surface area contributed by atoms with E-state index in [2.05, 4.69) is 5.32 Å². The molecule has 0 unspecified atom stereocenters. The maximum atomic E-state index is 13.4. The van der Waals surface area contributed by atoms with Crippen LogP contribution in [-0.2, 0) is 9.59 Å². The van der Waals surface area contributed by atoms with Gasteiger partial charge in [-0.2, -0.15) is 0 Å². The van der Waals surface area contributed by atoms with Gasteiger partial charge in [0.25, 0.3) is 0 Å². The highest BCUT2D eigenvalue weighted by Gasteiger charge is 2.39. The third-order valence-electron chi connectivity index (χ3n) is 6.22. The highest BCUT2D eigenvalue weighted by atomic mass is 16.5. The molecule has 0 saturated carbocycles. The first kappa shape index (κ1) is 21.7. The smallest absolute Gasteiger partial charge is 0.225 e. The molecule has 0 radical (unpaired) electrons. The van der Waals surface area contributed by atoms with Crippen LogP contribution in [0.2, 0.25) is 0 Å². The molecule has 0 spiro atoms. The van der Waals surface area contributed by atoms with Crippen molar-refractivity contribution in [3.05, 3.63) is 58.8 Å². The summed E-state index contributed by atoms with van der Waals surface area (Å²) >= 11 is 0. The maximum absolute atomic E-state index is 13.4. The summed E-state index contributed by atoms with van der Waals surface area (Å²) in [6.07, 6.45) is 1.10. The van der Waals surface area contributed by atoms with Gasteiger partial charge in [-0.05, 0) is 36.1 Å². The zero-order chi connectivity index (χ0) is 22.8. The van der Waals surface area contributed by atoms with Crippen LogP contribution in [0.3, 0.4) is 0 Å². The van der Waals surface area contributed by atoms with Crippen LogP contribution in [0.5, 0.6) is 23.0 Å². The van der Waals surface area contributed by atoms with Crippen LogP contribution in [-0.4, -0.2) is 40.1 Å². The van der Waals surface area contributed by atoms with Crippen molar-refractivity contribution in [3.63, 3.8) is 0 Å². The normalized spacial score (nSPS) is 20.4. The maximum Gasteiger partial charge on any atom is 0.225 e. The lowest BCUT2D eigenvalue weighted by Crippen LogP contribution is -2.38. The summed E-state index contributed by atoms with van der Waals surface area (Å²) in [7, 11) is 6.31. The van der Waals surface area contributed by atoms with Crippen molar-refractivity contribution in [2.45, 2.75) is 31.1 Å². The number of allylic oxidation sites excluding steroid dienone is 2. The van der Waals surface area contributed by atoms with E-state index >= 15 is 0 Å². The second-order valence-electron chi connectivity index (χ2n) is 7.92. The van der Waals surface area contributed by atoms with Crippen LogP contribution < -0.4 is 24.3 Å². The van der Waals surface area contributed by atoms with Crippen molar-refractivity contribution in [2.75, 3.05) is 28.4 Å². The lowest BCUT2D eigenvalue weighted by Gasteiger charge is -2.35. The predicted octanol–water partition coefficient (Wildman–Crippen LogP) is 3.73. The van der Waals surface area contributed by atoms with Crippen LogP contribution in [0.15, 0.2) is 47.7 Å². The number of hydrogen-bond acceptors (Lipinski definition) is 6. The van der Waals surface area contributed by atoms with Crippen LogP contribution in [0.1, 0.15) is 42.2 Å². The summed E-state index contributed by atoms with van der Waals surface area (Å²) in [4.78, 5) is 26.0. The molecule has 1 aliphatic carbocycles. The van der Waals surface area contributed by atoms with E-state index in [9.17, 15) is 9.59 Å². The number of rotatable bonds is 6. The van der Waals surface area contributed by atoms with Crippen molar-refractivity contribution >= 4 is 11.7 Å². The number of benzene rings is 2. The van der Waals surface area contributed by atoms with Crippen LogP contribution in [0.25, 0.3) is 0 Å². The minimum atomic E-state index is -0.373. The molecular weight excluding hydrogens is 410 g/mol. The molecule has 1 aliphatic heterocycles. The number of ether oxygens (including phenoxy) is 4. The Balaban J connectivity index is 1.73. The van der Waals surface area contributed by atoms with Crippen molar-refractivity contribution in [1.82, 2.24) is 5.32 Å². The Labute approximate surface area is 187 Å². The summed E-state index contributed by atoms with van der Waals surface area (Å²) < 4.78 is 21.8. The summed E-state index contributed by atoms with van der Waals surface area (Å²) in [6.45, 7) is 0. The summed E-state index contributed by atoms with van der Waals surface area (Å²) in [5.74, 6) is 1.86. The second-order valence-corrected chi connectivity index (χ2v) is 7.92. The number of carbonyl (C=O) groups is 2. The Morgan fingerprint density at radius 2 is 1.56 bits per heavy atom. The highest BCUT2D eigenvalue weighted by Crippen LogP contribution is 2.47. The monoisotopic (exact) mass is 437 g/mol. The zero-order valence-electron chi connectivity index (χ0n) is 18.7. The molecule has 2 aromatic rings. The van der Waals surface area contributed by atoms with Gasteiger partial charge in [0, 0.05) is 35.6 Å². The third-order valence-corrected chi connectivity index (χ3v) is 6.22. The van der Waals surface area contributed by atoms with Crippen LogP contribution >= 0.6 is 0 Å². The Hall–Kier alpha value is -3.48. The third kappa shape index (κ3) is 3.79. The highest BCUT2D eigenvalue weighted by molar-refractivity contribution is 6.02. The molecule has 2 atom stereocenters. The van der Waals surface area contributed by atoms with E-state index in [-0.39, 0.29) is 29.9 Å². The van der Waals surface area contributed by atoms with Gasteiger partial charge in [0.15, 0.2) is 28.8 Å². The van der Waals surface area contributed by atoms with Gasteiger partial charge in [-0.1, -0.05) is 18.2 Å². The molecule has 0 saturated heterocycles. The molecule has 168 valence electrons. The number of amides is 1. The van der Waals surface area contributed by atoms with Crippen molar-refractivity contribution in [2.24, 2.45) is 0 Å². The fourth-order valence-electron chi connectivity index (χ4n) is 4.75. The van der Waals surface area contributed by atoms with Crippen molar-refractivity contribution in [3.8, 4) is 23.0 Å². The molecule has 0 aromatic heterocycles. The quantitative estimate of drug-likeness (QED) is 0.742. The standard InChI is InChI=1S/C25H27NO6/c1-29-20-9-8-14(12-22(20)31-3)15-10-18-24(19(27)11-15)17(13-23(28)26-18)16-6-5-7-21(30-2)25(16)32-4/h5-9,12,15,17H,10-11,13H2,1-4H3,(H,26,28)/t15-,17-/m0/s1. The zero-order valence-corrected chi connectivity index (χ0v) is 18.7.